The van der Waals surface area contributed by atoms with Crippen LogP contribution in [0, 0.1) is 11.8 Å². The number of ether oxygens (including phenoxy) is 2. The molecule has 0 aromatic rings. The van der Waals surface area contributed by atoms with Crippen molar-refractivity contribution >= 4 is 5.97 Å². The number of carbonyl (C=O) groups excluding carboxylic acids is 1. The Labute approximate surface area is 110 Å². The Bertz CT molecular complexity index is 329. The Hall–Kier alpha value is -0.830. The van der Waals surface area contributed by atoms with Gasteiger partial charge in [-0.25, -0.2) is 4.79 Å². The van der Waals surface area contributed by atoms with Gasteiger partial charge in [-0.2, -0.15) is 0 Å². The van der Waals surface area contributed by atoms with Crippen LogP contribution in [0.2, 0.25) is 0 Å². The fourth-order valence-corrected chi connectivity index (χ4v) is 3.34. The molecule has 0 aromatic carbocycles. The third kappa shape index (κ3) is 2.77. The largest absolute Gasteiger partial charge is 0.467 e. The molecule has 0 radical (unpaired) electrons. The minimum absolute atomic E-state index is 0.179. The third-order valence-corrected chi connectivity index (χ3v) is 4.28. The van der Waals surface area contributed by atoms with E-state index in [1.807, 2.05) is 6.92 Å². The molecule has 1 fully saturated rings. The lowest BCUT2D eigenvalue weighted by atomic mass is 9.79. The predicted molar refractivity (Wildman–Crippen MR) is 70.2 cm³/mol. The lowest BCUT2D eigenvalue weighted by molar-refractivity contribution is -0.160. The first-order valence-electron chi connectivity index (χ1n) is 7.05. The van der Waals surface area contributed by atoms with Crippen molar-refractivity contribution in [1.29, 1.82) is 0 Å². The molecule has 0 amide bonds. The highest BCUT2D eigenvalue weighted by atomic mass is 16.6. The van der Waals surface area contributed by atoms with Crippen molar-refractivity contribution in [2.45, 2.75) is 58.2 Å². The highest BCUT2D eigenvalue weighted by Gasteiger charge is 2.37. The molecule has 0 spiro atoms. The Kier molecular flexibility index (Phi) is 4.44. The van der Waals surface area contributed by atoms with Gasteiger partial charge in [-0.3, -0.25) is 0 Å². The van der Waals surface area contributed by atoms with Crippen molar-refractivity contribution in [3.63, 3.8) is 0 Å². The van der Waals surface area contributed by atoms with E-state index in [2.05, 4.69) is 13.0 Å². The normalized spacial score (nSPS) is 33.9. The minimum atomic E-state index is -0.488. The summed E-state index contributed by atoms with van der Waals surface area (Å²) in [6.45, 7) is 4.14. The Morgan fingerprint density at radius 1 is 1.33 bits per heavy atom. The molecule has 0 unspecified atom stereocenters. The second-order valence-electron chi connectivity index (χ2n) is 5.67. The number of hydrogen-bond donors (Lipinski definition) is 0. The summed E-state index contributed by atoms with van der Waals surface area (Å²) in [6.07, 6.45) is 8.27. The van der Waals surface area contributed by atoms with Gasteiger partial charge in [0, 0.05) is 5.92 Å². The highest BCUT2D eigenvalue weighted by Crippen LogP contribution is 2.36. The van der Waals surface area contributed by atoms with Gasteiger partial charge in [-0.15, -0.1) is 0 Å². The van der Waals surface area contributed by atoms with E-state index in [1.54, 1.807) is 0 Å². The smallest absolute Gasteiger partial charge is 0.339 e. The molecule has 1 aliphatic carbocycles. The zero-order chi connectivity index (χ0) is 13.1. The molecule has 0 N–H and O–H groups in total. The van der Waals surface area contributed by atoms with Gasteiger partial charge in [0.05, 0.1) is 13.2 Å². The molecule has 18 heavy (non-hydrogen) atoms. The SMILES string of the molecule is COC(=O)[C@H]1O[C@H](C2CCCCC2)[C@@H](C)C=C1C. The molecule has 0 aromatic heterocycles. The molecule has 1 saturated carbocycles. The van der Waals surface area contributed by atoms with Crippen molar-refractivity contribution < 1.29 is 14.3 Å². The molecule has 0 bridgehead atoms. The van der Waals surface area contributed by atoms with Crippen molar-refractivity contribution in [2.24, 2.45) is 11.8 Å². The summed E-state index contributed by atoms with van der Waals surface area (Å²) < 4.78 is 10.9. The lowest BCUT2D eigenvalue weighted by Gasteiger charge is -2.38. The number of methoxy groups -OCH3 is 1. The van der Waals surface area contributed by atoms with E-state index in [1.165, 1.54) is 39.2 Å². The van der Waals surface area contributed by atoms with E-state index < -0.39 is 6.10 Å². The van der Waals surface area contributed by atoms with Crippen LogP contribution in [-0.2, 0) is 14.3 Å². The third-order valence-electron chi connectivity index (χ3n) is 4.28. The average molecular weight is 252 g/mol. The van der Waals surface area contributed by atoms with Crippen LogP contribution >= 0.6 is 0 Å². The first-order valence-corrected chi connectivity index (χ1v) is 7.05. The first-order chi connectivity index (χ1) is 8.63. The van der Waals surface area contributed by atoms with E-state index in [4.69, 9.17) is 9.47 Å². The molecular formula is C15H24O3. The second-order valence-corrected chi connectivity index (χ2v) is 5.67. The number of rotatable bonds is 2. The monoisotopic (exact) mass is 252 g/mol. The summed E-state index contributed by atoms with van der Waals surface area (Å²) in [5.41, 5.74) is 0.987. The van der Waals surface area contributed by atoms with Gasteiger partial charge in [0.2, 0.25) is 0 Å². The van der Waals surface area contributed by atoms with Gasteiger partial charge in [0.25, 0.3) is 0 Å². The van der Waals surface area contributed by atoms with Crippen molar-refractivity contribution in [1.82, 2.24) is 0 Å². The fourth-order valence-electron chi connectivity index (χ4n) is 3.34. The van der Waals surface area contributed by atoms with Gasteiger partial charge in [0.1, 0.15) is 0 Å². The quantitative estimate of drug-likeness (QED) is 0.559. The average Bonchev–Trinajstić information content (AvgIpc) is 2.39. The Morgan fingerprint density at radius 3 is 2.61 bits per heavy atom. The van der Waals surface area contributed by atoms with Crippen molar-refractivity contribution in [2.75, 3.05) is 7.11 Å². The Morgan fingerprint density at radius 2 is 2.00 bits per heavy atom. The van der Waals surface area contributed by atoms with Gasteiger partial charge < -0.3 is 9.47 Å². The number of carbonyl (C=O) groups is 1. The minimum Gasteiger partial charge on any atom is -0.467 e. The molecule has 2 aliphatic rings. The van der Waals surface area contributed by atoms with E-state index in [0.29, 0.717) is 11.8 Å². The summed E-state index contributed by atoms with van der Waals surface area (Å²) in [5.74, 6) is 0.732. The molecule has 0 saturated heterocycles. The van der Waals surface area contributed by atoms with Gasteiger partial charge in [0.15, 0.2) is 6.10 Å². The van der Waals surface area contributed by atoms with Crippen LogP contribution in [0.4, 0.5) is 0 Å². The summed E-state index contributed by atoms with van der Waals surface area (Å²) >= 11 is 0. The second kappa shape index (κ2) is 5.87. The summed E-state index contributed by atoms with van der Waals surface area (Å²) in [5, 5.41) is 0. The lowest BCUT2D eigenvalue weighted by Crippen LogP contribution is -2.42. The molecule has 1 heterocycles. The first kappa shape index (κ1) is 13.6. The predicted octanol–water partition coefficient (Wildman–Crippen LogP) is 3.09. The van der Waals surface area contributed by atoms with Gasteiger partial charge in [-0.1, -0.05) is 32.3 Å². The van der Waals surface area contributed by atoms with Gasteiger partial charge in [-0.05, 0) is 31.3 Å². The van der Waals surface area contributed by atoms with Crippen LogP contribution in [-0.4, -0.2) is 25.3 Å². The fraction of sp³-hybridized carbons (Fsp3) is 0.800. The van der Waals surface area contributed by atoms with Crippen LogP contribution in [0.15, 0.2) is 11.6 Å². The van der Waals surface area contributed by atoms with Crippen LogP contribution in [0.5, 0.6) is 0 Å². The van der Waals surface area contributed by atoms with E-state index in [0.717, 1.165) is 5.57 Å². The number of esters is 1. The zero-order valence-electron chi connectivity index (χ0n) is 11.6. The van der Waals surface area contributed by atoms with E-state index in [-0.39, 0.29) is 12.1 Å². The van der Waals surface area contributed by atoms with Crippen LogP contribution in [0.25, 0.3) is 0 Å². The molecule has 102 valence electrons. The van der Waals surface area contributed by atoms with Crippen LogP contribution in [0.1, 0.15) is 46.0 Å². The molecule has 3 nitrogen and oxygen atoms in total. The van der Waals surface area contributed by atoms with Crippen LogP contribution < -0.4 is 0 Å². The maximum Gasteiger partial charge on any atom is 0.339 e. The van der Waals surface area contributed by atoms with Crippen LogP contribution in [0.3, 0.4) is 0 Å². The molecule has 1 aliphatic heterocycles. The summed E-state index contributed by atoms with van der Waals surface area (Å²) in [6, 6.07) is 0. The maximum absolute atomic E-state index is 11.7. The number of hydrogen-bond acceptors (Lipinski definition) is 3. The molecule has 3 atom stereocenters. The zero-order valence-corrected chi connectivity index (χ0v) is 11.6. The maximum atomic E-state index is 11.7. The molecule has 3 heteroatoms. The topological polar surface area (TPSA) is 35.5 Å². The highest BCUT2D eigenvalue weighted by molar-refractivity contribution is 5.78. The molecule has 2 rings (SSSR count). The molecular weight excluding hydrogens is 228 g/mol. The van der Waals surface area contributed by atoms with Crippen molar-refractivity contribution in [3.8, 4) is 0 Å². The van der Waals surface area contributed by atoms with Gasteiger partial charge >= 0.3 is 5.97 Å². The summed E-state index contributed by atoms with van der Waals surface area (Å²) in [4.78, 5) is 11.7. The van der Waals surface area contributed by atoms with E-state index in [9.17, 15) is 4.79 Å². The standard InChI is InChI=1S/C15H24O3/c1-10-9-11(2)14(15(16)17-3)18-13(10)12-7-5-4-6-8-12/h9-10,12-14H,4-8H2,1-3H3/t10-,13-,14-/m0/s1. The Balaban J connectivity index is 2.10. The van der Waals surface area contributed by atoms with E-state index >= 15 is 0 Å². The summed E-state index contributed by atoms with van der Waals surface area (Å²) in [7, 11) is 1.42. The van der Waals surface area contributed by atoms with Crippen molar-refractivity contribution in [3.05, 3.63) is 11.6 Å².